The normalized spacial score (nSPS) is 17.7. The van der Waals surface area contributed by atoms with Gasteiger partial charge in [0.15, 0.2) is 23.8 Å². The number of hydrogen-bond acceptors (Lipinski definition) is 8. The zero-order valence-electron chi connectivity index (χ0n) is 21.1. The highest BCUT2D eigenvalue weighted by molar-refractivity contribution is 5.89. The fourth-order valence-electron chi connectivity index (χ4n) is 3.28. The Balaban J connectivity index is 2.25. The molecule has 10 nitrogen and oxygen atoms in total. The first-order chi connectivity index (χ1) is 16.5. The fraction of sp³-hybridized carbons (Fsp3) is 0.640. The van der Waals surface area contributed by atoms with Crippen molar-refractivity contribution in [3.63, 3.8) is 0 Å². The zero-order valence-corrected chi connectivity index (χ0v) is 21.1. The molecule has 1 aliphatic rings. The lowest BCUT2D eigenvalue weighted by atomic mass is 10.1. The molecule has 1 aliphatic heterocycles. The molecule has 1 amide bonds. The van der Waals surface area contributed by atoms with Crippen LogP contribution in [0.15, 0.2) is 18.2 Å². The van der Waals surface area contributed by atoms with E-state index in [1.807, 2.05) is 6.92 Å². The standard InChI is InChI=1S/C25H37NO9/c1-6-7-13-31-18-12-11-17(22(27)28)15-19(18)34-23(29)21(26-24(30)35-25(3,4)5)16(2)33-20-10-8-9-14-32-20/h11-12,15-16,20-21H,6-10,13-14H2,1-5H3,(H,26,30)(H,27,28). The van der Waals surface area contributed by atoms with Crippen molar-refractivity contribution in [3.05, 3.63) is 23.8 Å². The number of esters is 1. The molecule has 0 aromatic heterocycles. The maximum absolute atomic E-state index is 13.2. The summed E-state index contributed by atoms with van der Waals surface area (Å²) in [6, 6.07) is 2.76. The third-order valence-corrected chi connectivity index (χ3v) is 5.06. The molecule has 0 radical (unpaired) electrons. The molecule has 0 spiro atoms. The van der Waals surface area contributed by atoms with E-state index in [1.165, 1.54) is 18.2 Å². The van der Waals surface area contributed by atoms with Crippen LogP contribution < -0.4 is 14.8 Å². The number of benzene rings is 1. The van der Waals surface area contributed by atoms with Gasteiger partial charge in [-0.05, 0) is 71.6 Å². The third-order valence-electron chi connectivity index (χ3n) is 5.06. The van der Waals surface area contributed by atoms with Gasteiger partial charge in [-0.1, -0.05) is 13.3 Å². The summed E-state index contributed by atoms with van der Waals surface area (Å²) >= 11 is 0. The number of alkyl carbamates (subject to hydrolysis) is 1. The third kappa shape index (κ3) is 9.73. The second kappa shape index (κ2) is 13.3. The molecule has 10 heteroatoms. The lowest BCUT2D eigenvalue weighted by Crippen LogP contribution is -2.52. The average molecular weight is 496 g/mol. The predicted octanol–water partition coefficient (Wildman–Crippen LogP) is 4.29. The zero-order chi connectivity index (χ0) is 26.0. The van der Waals surface area contributed by atoms with Crippen LogP contribution in [0.3, 0.4) is 0 Å². The summed E-state index contributed by atoms with van der Waals surface area (Å²) in [5.74, 6) is -1.89. The number of ether oxygens (including phenoxy) is 5. The number of nitrogens with one attached hydrogen (secondary N) is 1. The van der Waals surface area contributed by atoms with E-state index in [9.17, 15) is 19.5 Å². The van der Waals surface area contributed by atoms with Gasteiger partial charge < -0.3 is 34.1 Å². The van der Waals surface area contributed by atoms with Gasteiger partial charge in [0.1, 0.15) is 5.60 Å². The molecule has 3 atom stereocenters. The maximum Gasteiger partial charge on any atom is 0.408 e. The summed E-state index contributed by atoms with van der Waals surface area (Å²) in [5.41, 5.74) is -0.863. The van der Waals surface area contributed by atoms with E-state index in [1.54, 1.807) is 27.7 Å². The molecule has 1 fully saturated rings. The monoisotopic (exact) mass is 495 g/mol. The van der Waals surface area contributed by atoms with Gasteiger partial charge in [-0.15, -0.1) is 0 Å². The van der Waals surface area contributed by atoms with Gasteiger partial charge in [-0.3, -0.25) is 0 Å². The van der Waals surface area contributed by atoms with Crippen LogP contribution in [0.2, 0.25) is 0 Å². The largest absolute Gasteiger partial charge is 0.490 e. The fourth-order valence-corrected chi connectivity index (χ4v) is 3.28. The van der Waals surface area contributed by atoms with Gasteiger partial charge in [-0.25, -0.2) is 14.4 Å². The number of rotatable bonds is 11. The molecule has 1 heterocycles. The number of aromatic carboxylic acids is 1. The van der Waals surface area contributed by atoms with Crippen molar-refractivity contribution in [2.45, 2.75) is 90.8 Å². The molecule has 2 rings (SSSR count). The van der Waals surface area contributed by atoms with Gasteiger partial charge in [0.25, 0.3) is 0 Å². The first-order valence-corrected chi connectivity index (χ1v) is 12.0. The van der Waals surface area contributed by atoms with Crippen LogP contribution in [0.4, 0.5) is 4.79 Å². The average Bonchev–Trinajstić information content (AvgIpc) is 2.77. The Hall–Kier alpha value is -2.85. The maximum atomic E-state index is 13.2. The summed E-state index contributed by atoms with van der Waals surface area (Å²) < 4.78 is 28.0. The van der Waals surface area contributed by atoms with Crippen LogP contribution in [0.5, 0.6) is 11.5 Å². The van der Waals surface area contributed by atoms with E-state index in [0.717, 1.165) is 25.7 Å². The van der Waals surface area contributed by atoms with Crippen molar-refractivity contribution in [3.8, 4) is 11.5 Å². The number of hydrogen-bond donors (Lipinski definition) is 2. The Morgan fingerprint density at radius 3 is 2.54 bits per heavy atom. The van der Waals surface area contributed by atoms with E-state index in [4.69, 9.17) is 23.7 Å². The van der Waals surface area contributed by atoms with Crippen molar-refractivity contribution >= 4 is 18.0 Å². The van der Waals surface area contributed by atoms with Gasteiger partial charge in [0.05, 0.1) is 18.3 Å². The predicted molar refractivity (Wildman–Crippen MR) is 127 cm³/mol. The Morgan fingerprint density at radius 2 is 1.94 bits per heavy atom. The van der Waals surface area contributed by atoms with Crippen molar-refractivity contribution in [2.75, 3.05) is 13.2 Å². The minimum absolute atomic E-state index is 0.0666. The van der Waals surface area contributed by atoms with Gasteiger partial charge >= 0.3 is 18.0 Å². The summed E-state index contributed by atoms with van der Waals surface area (Å²) in [4.78, 5) is 37.2. The highest BCUT2D eigenvalue weighted by Crippen LogP contribution is 2.30. The van der Waals surface area contributed by atoms with Crippen LogP contribution in [0, 0.1) is 0 Å². The summed E-state index contributed by atoms with van der Waals surface area (Å²) in [5, 5.41) is 11.9. The van der Waals surface area contributed by atoms with Crippen molar-refractivity contribution in [2.24, 2.45) is 0 Å². The lowest BCUT2D eigenvalue weighted by Gasteiger charge is -2.30. The van der Waals surface area contributed by atoms with E-state index < -0.39 is 42.1 Å². The minimum atomic E-state index is -1.26. The molecule has 1 aromatic carbocycles. The number of carboxylic acid groups (broad SMARTS) is 1. The van der Waals surface area contributed by atoms with Crippen LogP contribution in [0.1, 0.15) is 77.1 Å². The molecule has 196 valence electrons. The highest BCUT2D eigenvalue weighted by Gasteiger charge is 2.34. The quantitative estimate of drug-likeness (QED) is 0.262. The van der Waals surface area contributed by atoms with Crippen molar-refractivity contribution in [1.82, 2.24) is 5.32 Å². The first kappa shape index (κ1) is 28.4. The molecule has 0 saturated carbocycles. The topological polar surface area (TPSA) is 130 Å². The van der Waals surface area contributed by atoms with E-state index >= 15 is 0 Å². The Bertz CT molecular complexity index is 859. The molecule has 35 heavy (non-hydrogen) atoms. The van der Waals surface area contributed by atoms with Crippen LogP contribution in [-0.4, -0.2) is 60.4 Å². The van der Waals surface area contributed by atoms with Crippen molar-refractivity contribution < 1.29 is 43.2 Å². The Kier molecular flexibility index (Phi) is 10.8. The molecule has 2 N–H and O–H groups in total. The van der Waals surface area contributed by atoms with E-state index in [0.29, 0.717) is 19.6 Å². The molecule has 3 unspecified atom stereocenters. The van der Waals surface area contributed by atoms with Gasteiger partial charge in [-0.2, -0.15) is 0 Å². The minimum Gasteiger partial charge on any atom is -0.490 e. The van der Waals surface area contributed by atoms with Crippen molar-refractivity contribution in [1.29, 1.82) is 0 Å². The molecular weight excluding hydrogens is 458 g/mol. The Morgan fingerprint density at radius 1 is 1.20 bits per heavy atom. The van der Waals surface area contributed by atoms with Gasteiger partial charge in [0, 0.05) is 6.61 Å². The number of unbranched alkanes of at least 4 members (excludes halogenated alkanes) is 1. The summed E-state index contributed by atoms with van der Waals surface area (Å²) in [6.07, 6.45) is 2.00. The van der Waals surface area contributed by atoms with Crippen LogP contribution in [-0.2, 0) is 19.0 Å². The molecule has 1 aromatic rings. The highest BCUT2D eigenvalue weighted by atomic mass is 16.7. The molecular formula is C25H37NO9. The molecule has 0 bridgehead atoms. The molecule has 1 saturated heterocycles. The molecule has 0 aliphatic carbocycles. The van der Waals surface area contributed by atoms with E-state index in [-0.39, 0.29) is 17.1 Å². The number of carbonyl (C=O) groups excluding carboxylic acids is 2. The number of carbonyl (C=O) groups is 3. The van der Waals surface area contributed by atoms with Gasteiger partial charge in [0.2, 0.25) is 0 Å². The number of carboxylic acids is 1. The smallest absolute Gasteiger partial charge is 0.408 e. The summed E-state index contributed by atoms with van der Waals surface area (Å²) in [7, 11) is 0. The van der Waals surface area contributed by atoms with Crippen LogP contribution in [0.25, 0.3) is 0 Å². The first-order valence-electron chi connectivity index (χ1n) is 12.0. The SMILES string of the molecule is CCCCOc1ccc(C(=O)O)cc1OC(=O)C(NC(=O)OC(C)(C)C)C(C)OC1CCCCO1. The summed E-state index contributed by atoms with van der Waals surface area (Å²) in [6.45, 7) is 9.64. The van der Waals surface area contributed by atoms with E-state index in [2.05, 4.69) is 5.32 Å². The van der Waals surface area contributed by atoms with Crippen LogP contribution >= 0.6 is 0 Å². The second-order valence-electron chi connectivity index (χ2n) is 9.35. The Labute approximate surface area is 206 Å². The number of amides is 1. The lowest BCUT2D eigenvalue weighted by molar-refractivity contribution is -0.192. The second-order valence-corrected chi connectivity index (χ2v) is 9.35.